The van der Waals surface area contributed by atoms with Crippen molar-refractivity contribution >= 4 is 17.3 Å². The van der Waals surface area contributed by atoms with Crippen LogP contribution in [0.25, 0.3) is 0 Å². The van der Waals surface area contributed by atoms with E-state index in [1.165, 1.54) is 19.3 Å². The number of carbonyl (C=O) groups is 1. The van der Waals surface area contributed by atoms with Crippen molar-refractivity contribution < 1.29 is 10.0 Å². The Morgan fingerprint density at radius 1 is 1.12 bits per heavy atom. The van der Waals surface area contributed by atoms with Gasteiger partial charge in [0, 0.05) is 6.42 Å². The summed E-state index contributed by atoms with van der Waals surface area (Å²) in [5, 5.41) is 15.3. The van der Waals surface area contributed by atoms with Crippen LogP contribution in [0, 0.1) is 0 Å². The standard InChI is InChI=1S/C12H23N3O2/c1-4-5-6-7-8-9-12(16)14-13-10(2)11(3)15-17/h17H,4-9H2,1-3H3,(H,14,16). The van der Waals surface area contributed by atoms with Crippen LogP contribution in [0.15, 0.2) is 10.3 Å². The van der Waals surface area contributed by atoms with E-state index in [0.717, 1.165) is 12.8 Å². The molecule has 0 radical (unpaired) electrons. The summed E-state index contributed by atoms with van der Waals surface area (Å²) in [6.07, 6.45) is 6.09. The number of hydrogen-bond acceptors (Lipinski definition) is 4. The van der Waals surface area contributed by atoms with Crippen LogP contribution < -0.4 is 5.43 Å². The second-order valence-corrected chi connectivity index (χ2v) is 4.08. The highest BCUT2D eigenvalue weighted by Crippen LogP contribution is 2.04. The molecule has 5 nitrogen and oxygen atoms in total. The number of nitrogens with one attached hydrogen (secondary N) is 1. The van der Waals surface area contributed by atoms with Crippen LogP contribution in [-0.4, -0.2) is 22.5 Å². The molecule has 0 aromatic carbocycles. The molecule has 0 atom stereocenters. The molecule has 0 aromatic rings. The first kappa shape index (κ1) is 15.6. The van der Waals surface area contributed by atoms with Gasteiger partial charge in [0.2, 0.25) is 5.91 Å². The average molecular weight is 241 g/mol. The maximum absolute atomic E-state index is 11.4. The number of carbonyl (C=O) groups excluding carboxylic acids is 1. The average Bonchev–Trinajstić information content (AvgIpc) is 2.34. The van der Waals surface area contributed by atoms with E-state index < -0.39 is 0 Å². The van der Waals surface area contributed by atoms with Gasteiger partial charge in [-0.15, -0.1) is 0 Å². The van der Waals surface area contributed by atoms with E-state index >= 15 is 0 Å². The molecule has 2 N–H and O–H groups in total. The third-order valence-corrected chi connectivity index (χ3v) is 2.53. The molecule has 0 aliphatic carbocycles. The van der Waals surface area contributed by atoms with E-state index in [1.54, 1.807) is 13.8 Å². The fraction of sp³-hybridized carbons (Fsp3) is 0.750. The Balaban J connectivity index is 3.73. The van der Waals surface area contributed by atoms with Gasteiger partial charge in [-0.1, -0.05) is 37.8 Å². The second-order valence-electron chi connectivity index (χ2n) is 4.08. The van der Waals surface area contributed by atoms with E-state index in [-0.39, 0.29) is 5.91 Å². The van der Waals surface area contributed by atoms with Crippen LogP contribution >= 0.6 is 0 Å². The van der Waals surface area contributed by atoms with Crippen LogP contribution in [0.4, 0.5) is 0 Å². The maximum atomic E-state index is 11.4. The molecule has 0 bridgehead atoms. The van der Waals surface area contributed by atoms with Crippen LogP contribution in [0.5, 0.6) is 0 Å². The Bertz CT molecular complexity index is 285. The summed E-state index contributed by atoms with van der Waals surface area (Å²) in [6.45, 7) is 5.46. The number of unbranched alkanes of at least 4 members (excludes halogenated alkanes) is 4. The Morgan fingerprint density at radius 3 is 2.35 bits per heavy atom. The molecule has 0 fully saturated rings. The predicted octanol–water partition coefficient (Wildman–Crippen LogP) is 2.69. The highest BCUT2D eigenvalue weighted by Gasteiger charge is 2.01. The first-order valence-corrected chi connectivity index (χ1v) is 6.14. The minimum absolute atomic E-state index is 0.0911. The van der Waals surface area contributed by atoms with Gasteiger partial charge in [-0.2, -0.15) is 5.10 Å². The van der Waals surface area contributed by atoms with Gasteiger partial charge in [0.15, 0.2) is 0 Å². The lowest BCUT2D eigenvalue weighted by Crippen LogP contribution is -2.20. The first-order valence-electron chi connectivity index (χ1n) is 6.14. The number of hydrogen-bond donors (Lipinski definition) is 2. The summed E-state index contributed by atoms with van der Waals surface area (Å²) in [6, 6.07) is 0. The van der Waals surface area contributed by atoms with Crippen molar-refractivity contribution in [3.05, 3.63) is 0 Å². The molecule has 0 aliphatic heterocycles. The topological polar surface area (TPSA) is 74.0 Å². The zero-order valence-corrected chi connectivity index (χ0v) is 11.0. The van der Waals surface area contributed by atoms with E-state index in [0.29, 0.717) is 17.8 Å². The van der Waals surface area contributed by atoms with Gasteiger partial charge in [0.25, 0.3) is 0 Å². The molecule has 0 heterocycles. The third-order valence-electron chi connectivity index (χ3n) is 2.53. The van der Waals surface area contributed by atoms with Crippen LogP contribution in [0.3, 0.4) is 0 Å². The Kier molecular flexibility index (Phi) is 9.01. The lowest BCUT2D eigenvalue weighted by molar-refractivity contribution is -0.121. The number of nitrogens with zero attached hydrogens (tertiary/aromatic N) is 2. The monoisotopic (exact) mass is 241 g/mol. The maximum Gasteiger partial charge on any atom is 0.240 e. The van der Waals surface area contributed by atoms with Gasteiger partial charge >= 0.3 is 0 Å². The van der Waals surface area contributed by atoms with Gasteiger partial charge in [0.1, 0.15) is 0 Å². The molecule has 0 spiro atoms. The van der Waals surface area contributed by atoms with Crippen LogP contribution in [-0.2, 0) is 4.79 Å². The highest BCUT2D eigenvalue weighted by molar-refractivity contribution is 6.40. The number of hydrazone groups is 1. The van der Waals surface area contributed by atoms with E-state index in [2.05, 4.69) is 22.6 Å². The number of rotatable bonds is 8. The lowest BCUT2D eigenvalue weighted by atomic mass is 10.1. The highest BCUT2D eigenvalue weighted by atomic mass is 16.4. The van der Waals surface area contributed by atoms with Crippen molar-refractivity contribution in [2.75, 3.05) is 0 Å². The Hall–Kier alpha value is -1.39. The molecule has 0 aromatic heterocycles. The van der Waals surface area contributed by atoms with Gasteiger partial charge in [0.05, 0.1) is 11.4 Å². The van der Waals surface area contributed by atoms with E-state index in [1.807, 2.05) is 0 Å². The molecule has 0 saturated heterocycles. The predicted molar refractivity (Wildman–Crippen MR) is 69.5 cm³/mol. The van der Waals surface area contributed by atoms with Crippen LogP contribution in [0.2, 0.25) is 0 Å². The molecule has 0 unspecified atom stereocenters. The van der Waals surface area contributed by atoms with E-state index in [4.69, 9.17) is 5.21 Å². The lowest BCUT2D eigenvalue weighted by Gasteiger charge is -2.01. The zero-order valence-electron chi connectivity index (χ0n) is 11.0. The quantitative estimate of drug-likeness (QED) is 0.297. The molecular weight excluding hydrogens is 218 g/mol. The minimum atomic E-state index is -0.0911. The van der Waals surface area contributed by atoms with Crippen molar-refractivity contribution in [2.24, 2.45) is 10.3 Å². The molecule has 0 aliphatic rings. The summed E-state index contributed by atoms with van der Waals surface area (Å²) >= 11 is 0. The molecule has 0 rings (SSSR count). The molecule has 5 heteroatoms. The summed E-state index contributed by atoms with van der Waals surface area (Å²) in [4.78, 5) is 11.4. The smallest absolute Gasteiger partial charge is 0.240 e. The molecular formula is C12H23N3O2. The SMILES string of the molecule is CCCCCCCC(=O)NN=C(C)C(C)=NO. The largest absolute Gasteiger partial charge is 0.411 e. The fourth-order valence-electron chi connectivity index (χ4n) is 1.24. The summed E-state index contributed by atoms with van der Waals surface area (Å²) in [5.74, 6) is -0.0911. The normalized spacial score (nSPS) is 12.6. The van der Waals surface area contributed by atoms with Crippen LogP contribution in [0.1, 0.15) is 59.3 Å². The van der Waals surface area contributed by atoms with Crippen molar-refractivity contribution in [3.8, 4) is 0 Å². The Labute approximate surface area is 103 Å². The second kappa shape index (κ2) is 9.81. The number of oxime groups is 1. The fourth-order valence-corrected chi connectivity index (χ4v) is 1.24. The van der Waals surface area contributed by atoms with Gasteiger partial charge < -0.3 is 5.21 Å². The Morgan fingerprint density at radius 2 is 1.76 bits per heavy atom. The minimum Gasteiger partial charge on any atom is -0.411 e. The first-order chi connectivity index (χ1) is 8.11. The summed E-state index contributed by atoms with van der Waals surface area (Å²) in [5.41, 5.74) is 3.35. The molecule has 17 heavy (non-hydrogen) atoms. The van der Waals surface area contributed by atoms with Crippen molar-refractivity contribution in [3.63, 3.8) is 0 Å². The van der Waals surface area contributed by atoms with Gasteiger partial charge in [-0.05, 0) is 20.3 Å². The van der Waals surface area contributed by atoms with E-state index in [9.17, 15) is 4.79 Å². The molecule has 0 saturated carbocycles. The zero-order chi connectivity index (χ0) is 13.1. The van der Waals surface area contributed by atoms with Crippen molar-refractivity contribution in [1.82, 2.24) is 5.43 Å². The van der Waals surface area contributed by atoms with Gasteiger partial charge in [-0.25, -0.2) is 5.43 Å². The van der Waals surface area contributed by atoms with Crippen molar-refractivity contribution in [1.29, 1.82) is 0 Å². The summed E-state index contributed by atoms with van der Waals surface area (Å²) < 4.78 is 0. The van der Waals surface area contributed by atoms with Crippen molar-refractivity contribution in [2.45, 2.75) is 59.3 Å². The number of amides is 1. The summed E-state index contributed by atoms with van der Waals surface area (Å²) in [7, 11) is 0. The third kappa shape index (κ3) is 8.42. The molecule has 1 amide bonds. The molecule has 98 valence electrons. The van der Waals surface area contributed by atoms with Gasteiger partial charge in [-0.3, -0.25) is 4.79 Å².